The number of rotatable bonds is 2. The number of likely N-dealkylation sites (N-methyl/N-ethyl adjacent to an activating group) is 1. The van der Waals surface area contributed by atoms with Crippen LogP contribution in [0.3, 0.4) is 0 Å². The van der Waals surface area contributed by atoms with Crippen LogP contribution in [0.25, 0.3) is 10.1 Å². The number of carbonyl (C=O) groups is 1. The Morgan fingerprint density at radius 3 is 3.15 bits per heavy atom. The SMILES string of the molecule is CN(C)C(=O)C1CN(c2nccc3sccc23)CCO1. The molecule has 3 heterocycles. The quantitative estimate of drug-likeness (QED) is 0.843. The Kier molecular flexibility index (Phi) is 3.58. The number of carbonyl (C=O) groups excluding carboxylic acids is 1. The number of anilines is 1. The second-order valence-electron chi connectivity index (χ2n) is 5.01. The molecule has 1 aliphatic rings. The predicted octanol–water partition coefficient (Wildman–Crippen LogP) is 1.59. The van der Waals surface area contributed by atoms with Crippen molar-refractivity contribution in [2.75, 3.05) is 38.7 Å². The fourth-order valence-corrected chi connectivity index (χ4v) is 3.19. The number of nitrogens with zero attached hydrogens (tertiary/aromatic N) is 3. The number of ether oxygens (including phenoxy) is 1. The maximum atomic E-state index is 12.0. The van der Waals surface area contributed by atoms with Crippen molar-refractivity contribution in [1.29, 1.82) is 0 Å². The Bertz CT molecular complexity index is 626. The van der Waals surface area contributed by atoms with Crippen molar-refractivity contribution in [2.24, 2.45) is 0 Å². The van der Waals surface area contributed by atoms with Crippen molar-refractivity contribution in [3.8, 4) is 0 Å². The molecule has 20 heavy (non-hydrogen) atoms. The van der Waals surface area contributed by atoms with E-state index in [0.717, 1.165) is 17.7 Å². The lowest BCUT2D eigenvalue weighted by Crippen LogP contribution is -2.49. The van der Waals surface area contributed by atoms with Gasteiger partial charge in [0.1, 0.15) is 5.82 Å². The average Bonchev–Trinajstić information content (AvgIpc) is 2.94. The summed E-state index contributed by atoms with van der Waals surface area (Å²) in [6, 6.07) is 4.10. The van der Waals surface area contributed by atoms with Gasteiger partial charge in [-0.1, -0.05) is 0 Å². The molecule has 0 aromatic carbocycles. The summed E-state index contributed by atoms with van der Waals surface area (Å²) in [5.74, 6) is 0.954. The average molecular weight is 291 g/mol. The van der Waals surface area contributed by atoms with E-state index >= 15 is 0 Å². The van der Waals surface area contributed by atoms with Gasteiger partial charge in [0.05, 0.1) is 13.2 Å². The highest BCUT2D eigenvalue weighted by molar-refractivity contribution is 7.17. The molecule has 0 spiro atoms. The number of morpholine rings is 1. The highest BCUT2D eigenvalue weighted by Crippen LogP contribution is 2.29. The van der Waals surface area contributed by atoms with Gasteiger partial charge in [0.25, 0.3) is 5.91 Å². The Balaban J connectivity index is 1.87. The van der Waals surface area contributed by atoms with Gasteiger partial charge in [-0.05, 0) is 17.5 Å². The van der Waals surface area contributed by atoms with E-state index in [1.54, 1.807) is 30.3 Å². The molecule has 6 heteroatoms. The van der Waals surface area contributed by atoms with E-state index < -0.39 is 6.10 Å². The lowest BCUT2D eigenvalue weighted by atomic mass is 10.2. The number of fused-ring (bicyclic) bond motifs is 1. The Labute approximate surface area is 121 Å². The molecule has 0 saturated carbocycles. The predicted molar refractivity (Wildman–Crippen MR) is 80.3 cm³/mol. The minimum absolute atomic E-state index is 0.00666. The molecular weight excluding hydrogens is 274 g/mol. The van der Waals surface area contributed by atoms with Crippen molar-refractivity contribution in [3.05, 3.63) is 23.7 Å². The third kappa shape index (κ3) is 2.36. The number of thiophene rings is 1. The third-order valence-electron chi connectivity index (χ3n) is 3.44. The van der Waals surface area contributed by atoms with Gasteiger partial charge in [-0.25, -0.2) is 4.98 Å². The van der Waals surface area contributed by atoms with Crippen LogP contribution >= 0.6 is 11.3 Å². The fourth-order valence-electron chi connectivity index (χ4n) is 2.41. The van der Waals surface area contributed by atoms with Gasteiger partial charge in [0.15, 0.2) is 6.10 Å². The second-order valence-corrected chi connectivity index (χ2v) is 5.95. The number of hydrogen-bond acceptors (Lipinski definition) is 5. The minimum Gasteiger partial charge on any atom is -0.365 e. The summed E-state index contributed by atoms with van der Waals surface area (Å²) in [5.41, 5.74) is 0. The molecule has 1 aliphatic heterocycles. The van der Waals surface area contributed by atoms with Gasteiger partial charge >= 0.3 is 0 Å². The van der Waals surface area contributed by atoms with Crippen LogP contribution in [0.5, 0.6) is 0 Å². The van der Waals surface area contributed by atoms with Crippen LogP contribution in [0.1, 0.15) is 0 Å². The summed E-state index contributed by atoms with van der Waals surface area (Å²) in [7, 11) is 3.50. The molecule has 1 unspecified atom stereocenters. The van der Waals surface area contributed by atoms with Gasteiger partial charge in [-0.2, -0.15) is 0 Å². The topological polar surface area (TPSA) is 45.7 Å². The van der Waals surface area contributed by atoms with Crippen LogP contribution in [-0.2, 0) is 9.53 Å². The van der Waals surface area contributed by atoms with Crippen LogP contribution in [0.4, 0.5) is 5.82 Å². The standard InChI is InChI=1S/C14H17N3O2S/c1-16(2)14(18)11-9-17(6-7-19-11)13-10-4-8-20-12(10)3-5-15-13/h3-5,8,11H,6-7,9H2,1-2H3. The zero-order chi connectivity index (χ0) is 14.1. The molecule has 0 N–H and O–H groups in total. The van der Waals surface area contributed by atoms with Crippen molar-refractivity contribution in [3.63, 3.8) is 0 Å². The van der Waals surface area contributed by atoms with E-state index in [4.69, 9.17) is 4.74 Å². The Morgan fingerprint density at radius 1 is 1.50 bits per heavy atom. The van der Waals surface area contributed by atoms with Crippen molar-refractivity contribution in [2.45, 2.75) is 6.10 Å². The first-order valence-corrected chi connectivity index (χ1v) is 7.44. The van der Waals surface area contributed by atoms with Crippen molar-refractivity contribution in [1.82, 2.24) is 9.88 Å². The normalized spacial score (nSPS) is 19.3. The molecule has 2 aromatic rings. The maximum Gasteiger partial charge on any atom is 0.253 e. The first kappa shape index (κ1) is 13.3. The lowest BCUT2D eigenvalue weighted by molar-refractivity contribution is -0.141. The summed E-state index contributed by atoms with van der Waals surface area (Å²) in [5, 5.41) is 3.22. The molecule has 2 aromatic heterocycles. The van der Waals surface area contributed by atoms with Crippen LogP contribution in [-0.4, -0.2) is 55.7 Å². The Morgan fingerprint density at radius 2 is 2.35 bits per heavy atom. The van der Waals surface area contributed by atoms with Crippen LogP contribution in [0.2, 0.25) is 0 Å². The summed E-state index contributed by atoms with van der Waals surface area (Å²) in [6.07, 6.45) is 1.42. The molecule has 1 fully saturated rings. The molecular formula is C14H17N3O2S. The lowest BCUT2D eigenvalue weighted by Gasteiger charge is -2.34. The van der Waals surface area contributed by atoms with Gasteiger partial charge < -0.3 is 14.5 Å². The van der Waals surface area contributed by atoms with E-state index in [1.165, 1.54) is 4.70 Å². The summed E-state index contributed by atoms with van der Waals surface area (Å²) in [4.78, 5) is 20.3. The van der Waals surface area contributed by atoms with E-state index in [1.807, 2.05) is 12.3 Å². The van der Waals surface area contributed by atoms with E-state index in [9.17, 15) is 4.79 Å². The zero-order valence-corrected chi connectivity index (χ0v) is 12.4. The van der Waals surface area contributed by atoms with Crippen LogP contribution in [0, 0.1) is 0 Å². The number of amides is 1. The zero-order valence-electron chi connectivity index (χ0n) is 11.6. The fraction of sp³-hybridized carbons (Fsp3) is 0.429. The molecule has 1 amide bonds. The Hall–Kier alpha value is -1.66. The third-order valence-corrected chi connectivity index (χ3v) is 4.32. The maximum absolute atomic E-state index is 12.0. The first-order valence-electron chi connectivity index (χ1n) is 6.57. The largest absolute Gasteiger partial charge is 0.365 e. The highest BCUT2D eigenvalue weighted by atomic mass is 32.1. The van der Waals surface area contributed by atoms with Gasteiger partial charge in [-0.3, -0.25) is 4.79 Å². The highest BCUT2D eigenvalue weighted by Gasteiger charge is 2.29. The van der Waals surface area contributed by atoms with E-state index in [0.29, 0.717) is 13.2 Å². The molecule has 0 aliphatic carbocycles. The monoisotopic (exact) mass is 291 g/mol. The number of pyridine rings is 1. The van der Waals surface area contributed by atoms with Crippen molar-refractivity contribution < 1.29 is 9.53 Å². The minimum atomic E-state index is -0.408. The van der Waals surface area contributed by atoms with Crippen molar-refractivity contribution >= 4 is 33.1 Å². The van der Waals surface area contributed by atoms with Gasteiger partial charge in [0.2, 0.25) is 0 Å². The molecule has 106 valence electrons. The van der Waals surface area contributed by atoms with E-state index in [-0.39, 0.29) is 5.91 Å². The molecule has 5 nitrogen and oxygen atoms in total. The summed E-state index contributed by atoms with van der Waals surface area (Å²) < 4.78 is 6.81. The molecule has 1 atom stereocenters. The smallest absolute Gasteiger partial charge is 0.253 e. The number of aromatic nitrogens is 1. The first-order chi connectivity index (χ1) is 9.66. The van der Waals surface area contributed by atoms with Gasteiger partial charge in [-0.15, -0.1) is 11.3 Å². The second kappa shape index (κ2) is 5.38. The molecule has 3 rings (SSSR count). The molecule has 0 bridgehead atoms. The molecule has 0 radical (unpaired) electrons. The number of hydrogen-bond donors (Lipinski definition) is 0. The molecule has 1 saturated heterocycles. The summed E-state index contributed by atoms with van der Waals surface area (Å²) >= 11 is 1.70. The van der Waals surface area contributed by atoms with Crippen LogP contribution < -0.4 is 4.90 Å². The van der Waals surface area contributed by atoms with E-state index in [2.05, 4.69) is 21.3 Å². The van der Waals surface area contributed by atoms with Crippen LogP contribution in [0.15, 0.2) is 23.7 Å². The van der Waals surface area contributed by atoms with Gasteiger partial charge in [0, 0.05) is 36.9 Å². The summed E-state index contributed by atoms with van der Waals surface area (Å²) in [6.45, 7) is 1.87.